The van der Waals surface area contributed by atoms with Crippen molar-refractivity contribution in [2.45, 2.75) is 43.3 Å². The molecule has 8 nitrogen and oxygen atoms in total. The van der Waals surface area contributed by atoms with Crippen LogP contribution < -0.4 is 10.9 Å². The van der Waals surface area contributed by atoms with Gasteiger partial charge in [-0.15, -0.1) is 11.3 Å². The Labute approximate surface area is 175 Å². The standard InChI is InChI=1S/C19H20N6O2S2/c26-16(20-7-5-12-10-28-18(22-12)24-8-2-6-21-24)9-13-11-29-19-23-15-4-1-3-14(15)17(27)25(13)19/h2,6,8,10,13H,1,3-5,7,9,11H2,(H,20,26)/t13-/m1/s1. The molecular weight excluding hydrogens is 408 g/mol. The molecule has 5 rings (SSSR count). The molecule has 150 valence electrons. The van der Waals surface area contributed by atoms with Crippen LogP contribution in [-0.2, 0) is 24.1 Å². The summed E-state index contributed by atoms with van der Waals surface area (Å²) in [5, 5.41) is 10.7. The Bertz CT molecular complexity index is 1100. The van der Waals surface area contributed by atoms with Crippen molar-refractivity contribution < 1.29 is 4.79 Å². The van der Waals surface area contributed by atoms with E-state index in [4.69, 9.17) is 0 Å². The second kappa shape index (κ2) is 7.75. The van der Waals surface area contributed by atoms with Crippen molar-refractivity contribution in [2.75, 3.05) is 12.3 Å². The highest BCUT2D eigenvalue weighted by Gasteiger charge is 2.31. The zero-order chi connectivity index (χ0) is 19.8. The minimum absolute atomic E-state index is 0.0432. The summed E-state index contributed by atoms with van der Waals surface area (Å²) in [5.74, 6) is 0.677. The molecule has 0 radical (unpaired) electrons. The van der Waals surface area contributed by atoms with Gasteiger partial charge >= 0.3 is 0 Å². The number of amides is 1. The zero-order valence-corrected chi connectivity index (χ0v) is 17.3. The van der Waals surface area contributed by atoms with Crippen LogP contribution in [-0.4, -0.2) is 42.5 Å². The van der Waals surface area contributed by atoms with Crippen LogP contribution in [0.5, 0.6) is 0 Å². The van der Waals surface area contributed by atoms with Gasteiger partial charge in [-0.25, -0.2) is 14.6 Å². The summed E-state index contributed by atoms with van der Waals surface area (Å²) >= 11 is 3.10. The van der Waals surface area contributed by atoms with Crippen LogP contribution in [0.25, 0.3) is 5.13 Å². The lowest BCUT2D eigenvalue weighted by Crippen LogP contribution is -2.33. The predicted octanol–water partition coefficient (Wildman–Crippen LogP) is 1.77. The Morgan fingerprint density at radius 2 is 2.24 bits per heavy atom. The van der Waals surface area contributed by atoms with Crippen molar-refractivity contribution in [3.63, 3.8) is 0 Å². The molecule has 3 aromatic heterocycles. The third-order valence-electron chi connectivity index (χ3n) is 5.24. The number of rotatable bonds is 6. The van der Waals surface area contributed by atoms with E-state index < -0.39 is 0 Å². The number of hydrogen-bond acceptors (Lipinski definition) is 7. The fraction of sp³-hybridized carbons (Fsp3) is 0.421. The van der Waals surface area contributed by atoms with Gasteiger partial charge in [0.1, 0.15) is 0 Å². The molecule has 0 spiro atoms. The molecule has 0 aromatic carbocycles. The fourth-order valence-electron chi connectivity index (χ4n) is 3.82. The molecule has 1 aliphatic heterocycles. The SMILES string of the molecule is O=C(C[C@@H]1CSc2nc3c(c(=O)n21)CCC3)NCCc1csc(-n2cccn2)n1. The number of hydrogen-bond donors (Lipinski definition) is 1. The third-order valence-corrected chi connectivity index (χ3v) is 7.21. The van der Waals surface area contributed by atoms with Crippen LogP contribution >= 0.6 is 23.1 Å². The summed E-state index contributed by atoms with van der Waals surface area (Å²) in [6.45, 7) is 0.519. The molecule has 0 unspecified atom stereocenters. The van der Waals surface area contributed by atoms with Gasteiger partial charge in [-0.1, -0.05) is 11.8 Å². The van der Waals surface area contributed by atoms with Gasteiger partial charge in [0.15, 0.2) is 5.16 Å². The van der Waals surface area contributed by atoms with Crippen molar-refractivity contribution in [2.24, 2.45) is 0 Å². The highest BCUT2D eigenvalue weighted by Crippen LogP contribution is 2.33. The number of fused-ring (bicyclic) bond motifs is 2. The van der Waals surface area contributed by atoms with Crippen LogP contribution in [0, 0.1) is 0 Å². The molecule has 1 aliphatic carbocycles. The van der Waals surface area contributed by atoms with E-state index in [0.717, 1.165) is 52.3 Å². The summed E-state index contributed by atoms with van der Waals surface area (Å²) in [4.78, 5) is 34.5. The van der Waals surface area contributed by atoms with E-state index >= 15 is 0 Å². The van der Waals surface area contributed by atoms with Gasteiger partial charge in [0.25, 0.3) is 5.56 Å². The molecule has 1 atom stereocenters. The van der Waals surface area contributed by atoms with Crippen molar-refractivity contribution in [3.8, 4) is 5.13 Å². The number of aromatic nitrogens is 5. The maximum absolute atomic E-state index is 12.8. The van der Waals surface area contributed by atoms with Gasteiger partial charge < -0.3 is 5.32 Å². The topological polar surface area (TPSA) is 94.7 Å². The first-order valence-corrected chi connectivity index (χ1v) is 11.5. The number of thioether (sulfide) groups is 1. The molecule has 1 N–H and O–H groups in total. The normalized spacial score (nSPS) is 17.3. The predicted molar refractivity (Wildman–Crippen MR) is 111 cm³/mol. The van der Waals surface area contributed by atoms with E-state index in [1.807, 2.05) is 17.6 Å². The van der Waals surface area contributed by atoms with Crippen LogP contribution in [0.1, 0.15) is 35.8 Å². The number of aryl methyl sites for hydroxylation is 1. The van der Waals surface area contributed by atoms with Crippen molar-refractivity contribution in [3.05, 3.63) is 51.1 Å². The quantitative estimate of drug-likeness (QED) is 0.602. The van der Waals surface area contributed by atoms with Gasteiger partial charge in [-0.3, -0.25) is 14.2 Å². The molecule has 0 bridgehead atoms. The molecule has 29 heavy (non-hydrogen) atoms. The van der Waals surface area contributed by atoms with Crippen molar-refractivity contribution in [1.29, 1.82) is 0 Å². The van der Waals surface area contributed by atoms with E-state index in [0.29, 0.717) is 19.4 Å². The first-order chi connectivity index (χ1) is 14.2. The minimum atomic E-state index is -0.119. The maximum atomic E-state index is 12.8. The lowest BCUT2D eigenvalue weighted by atomic mass is 10.2. The van der Waals surface area contributed by atoms with Crippen LogP contribution in [0.3, 0.4) is 0 Å². The molecular formula is C19H20N6O2S2. The van der Waals surface area contributed by atoms with Gasteiger partial charge in [-0.2, -0.15) is 5.10 Å². The highest BCUT2D eigenvalue weighted by molar-refractivity contribution is 7.99. The number of carbonyl (C=O) groups excluding carboxylic acids is 1. The number of nitrogens with zero attached hydrogens (tertiary/aromatic N) is 5. The van der Waals surface area contributed by atoms with Gasteiger partial charge in [0.05, 0.1) is 17.4 Å². The molecule has 4 heterocycles. The largest absolute Gasteiger partial charge is 0.356 e. The molecule has 0 fully saturated rings. The second-order valence-electron chi connectivity index (χ2n) is 7.19. The van der Waals surface area contributed by atoms with Crippen LogP contribution in [0.2, 0.25) is 0 Å². The Kier molecular flexibility index (Phi) is 4.96. The smallest absolute Gasteiger partial charge is 0.257 e. The Balaban J connectivity index is 1.17. The molecule has 1 amide bonds. The van der Waals surface area contributed by atoms with Crippen molar-refractivity contribution in [1.82, 2.24) is 29.6 Å². The Hall–Kier alpha value is -2.46. The Morgan fingerprint density at radius 1 is 1.31 bits per heavy atom. The average Bonchev–Trinajstić information content (AvgIpc) is 3.49. The molecule has 2 aliphatic rings. The third kappa shape index (κ3) is 3.62. The maximum Gasteiger partial charge on any atom is 0.257 e. The number of nitrogens with one attached hydrogen (secondary N) is 1. The van der Waals surface area contributed by atoms with E-state index in [2.05, 4.69) is 20.4 Å². The van der Waals surface area contributed by atoms with Gasteiger partial charge in [0.2, 0.25) is 11.0 Å². The summed E-state index contributed by atoms with van der Waals surface area (Å²) in [6, 6.07) is 1.74. The van der Waals surface area contributed by atoms with E-state index in [9.17, 15) is 9.59 Å². The highest BCUT2D eigenvalue weighted by atomic mass is 32.2. The molecule has 10 heteroatoms. The average molecular weight is 429 g/mol. The monoisotopic (exact) mass is 428 g/mol. The zero-order valence-electron chi connectivity index (χ0n) is 15.7. The van der Waals surface area contributed by atoms with E-state index in [-0.39, 0.29) is 17.5 Å². The summed E-state index contributed by atoms with van der Waals surface area (Å²) in [5.41, 5.74) is 2.78. The van der Waals surface area contributed by atoms with Gasteiger partial charge in [-0.05, 0) is 25.3 Å². The molecule has 3 aromatic rings. The minimum Gasteiger partial charge on any atom is -0.356 e. The van der Waals surface area contributed by atoms with Gasteiger partial charge in [0, 0.05) is 48.5 Å². The lowest BCUT2D eigenvalue weighted by Gasteiger charge is -2.14. The summed E-state index contributed by atoms with van der Waals surface area (Å²) in [6.07, 6.45) is 7.23. The van der Waals surface area contributed by atoms with Crippen LogP contribution in [0.15, 0.2) is 33.8 Å². The molecule has 0 saturated heterocycles. The summed E-state index contributed by atoms with van der Waals surface area (Å²) in [7, 11) is 0. The lowest BCUT2D eigenvalue weighted by molar-refractivity contribution is -0.121. The first-order valence-electron chi connectivity index (χ1n) is 9.67. The van der Waals surface area contributed by atoms with Crippen molar-refractivity contribution >= 4 is 29.0 Å². The van der Waals surface area contributed by atoms with E-state index in [1.54, 1.807) is 27.2 Å². The summed E-state index contributed by atoms with van der Waals surface area (Å²) < 4.78 is 3.47. The Morgan fingerprint density at radius 3 is 3.10 bits per heavy atom. The fourth-order valence-corrected chi connectivity index (χ4v) is 5.77. The molecule has 0 saturated carbocycles. The second-order valence-corrected chi connectivity index (χ2v) is 9.01. The number of carbonyl (C=O) groups is 1. The van der Waals surface area contributed by atoms with E-state index in [1.165, 1.54) is 11.3 Å². The first kappa shape index (κ1) is 18.6. The van der Waals surface area contributed by atoms with Crippen LogP contribution in [0.4, 0.5) is 0 Å². The number of thiazole rings is 1.